The van der Waals surface area contributed by atoms with Crippen molar-refractivity contribution in [2.24, 2.45) is 0 Å². The van der Waals surface area contributed by atoms with Gasteiger partial charge in [0, 0.05) is 37.9 Å². The number of piperazine rings is 1. The first-order valence-corrected chi connectivity index (χ1v) is 12.8. The van der Waals surface area contributed by atoms with E-state index in [-0.39, 0.29) is 16.1 Å². The molecule has 0 atom stereocenters. The van der Waals surface area contributed by atoms with Crippen LogP contribution in [0, 0.1) is 6.92 Å². The van der Waals surface area contributed by atoms with Crippen LogP contribution in [0.4, 0.5) is 11.4 Å². The molecule has 8 heteroatoms. The summed E-state index contributed by atoms with van der Waals surface area (Å²) in [5, 5.41) is 9.81. The molecule has 0 aromatic heterocycles. The van der Waals surface area contributed by atoms with Gasteiger partial charge in [0.2, 0.25) is 0 Å². The van der Waals surface area contributed by atoms with E-state index in [4.69, 9.17) is 0 Å². The van der Waals surface area contributed by atoms with Crippen LogP contribution >= 0.6 is 0 Å². The summed E-state index contributed by atoms with van der Waals surface area (Å²) in [6.07, 6.45) is 6.45. The average molecular weight is 458 g/mol. The van der Waals surface area contributed by atoms with Gasteiger partial charge in [-0.2, -0.15) is 0 Å². The fraction of sp³-hybridized carbons (Fsp3) is 0.458. The largest absolute Gasteiger partial charge is 0.478 e. The number of carboxylic acids is 1. The van der Waals surface area contributed by atoms with Crippen LogP contribution in [-0.4, -0.2) is 56.6 Å². The predicted molar refractivity (Wildman–Crippen MR) is 126 cm³/mol. The lowest BCUT2D eigenvalue weighted by molar-refractivity contribution is 0.0697. The molecule has 1 heterocycles. The number of rotatable bonds is 6. The number of aromatic carboxylic acids is 1. The zero-order valence-corrected chi connectivity index (χ0v) is 19.3. The molecule has 2 aromatic carbocycles. The van der Waals surface area contributed by atoms with Crippen LogP contribution in [0.1, 0.15) is 48.0 Å². The smallest absolute Gasteiger partial charge is 0.337 e. The van der Waals surface area contributed by atoms with Crippen molar-refractivity contribution >= 4 is 27.4 Å². The van der Waals surface area contributed by atoms with Crippen molar-refractivity contribution in [3.05, 3.63) is 53.6 Å². The first-order chi connectivity index (χ1) is 15.3. The Bertz CT molecular complexity index is 1070. The minimum atomic E-state index is -3.80. The molecule has 2 N–H and O–H groups in total. The van der Waals surface area contributed by atoms with Crippen molar-refractivity contribution in [2.75, 3.05) is 35.8 Å². The summed E-state index contributed by atoms with van der Waals surface area (Å²) in [5.41, 5.74) is 1.83. The van der Waals surface area contributed by atoms with Gasteiger partial charge < -0.3 is 10.0 Å². The third-order valence-electron chi connectivity index (χ3n) is 6.53. The van der Waals surface area contributed by atoms with Gasteiger partial charge in [-0.15, -0.1) is 0 Å². The van der Waals surface area contributed by atoms with Crippen molar-refractivity contribution in [3.63, 3.8) is 0 Å². The van der Waals surface area contributed by atoms with E-state index >= 15 is 0 Å². The highest BCUT2D eigenvalue weighted by Gasteiger charge is 2.27. The van der Waals surface area contributed by atoms with Gasteiger partial charge in [0.05, 0.1) is 16.1 Å². The number of nitrogens with zero attached hydrogens (tertiary/aromatic N) is 2. The number of hydrogen-bond donors (Lipinski definition) is 2. The molecule has 4 rings (SSSR count). The van der Waals surface area contributed by atoms with Gasteiger partial charge in [-0.25, -0.2) is 13.2 Å². The summed E-state index contributed by atoms with van der Waals surface area (Å²) in [4.78, 5) is 16.8. The van der Waals surface area contributed by atoms with Crippen molar-refractivity contribution in [2.45, 2.75) is 50.0 Å². The van der Waals surface area contributed by atoms with Crippen LogP contribution in [0.15, 0.2) is 47.4 Å². The van der Waals surface area contributed by atoms with Crippen LogP contribution in [0.3, 0.4) is 0 Å². The summed E-state index contributed by atoms with van der Waals surface area (Å²) in [7, 11) is -3.80. The van der Waals surface area contributed by atoms with Gasteiger partial charge in [0.25, 0.3) is 10.0 Å². The molecule has 1 saturated heterocycles. The fourth-order valence-electron chi connectivity index (χ4n) is 4.82. The van der Waals surface area contributed by atoms with E-state index < -0.39 is 16.0 Å². The number of nitrogens with one attached hydrogen (secondary N) is 1. The van der Waals surface area contributed by atoms with E-state index in [9.17, 15) is 18.3 Å². The standard InChI is InChI=1S/C24H31N3O4S/c1-18-6-5-9-21(16-18)32(30,31)25-19-10-11-23(22(17-19)24(28)29)27-14-12-26(13-15-27)20-7-3-2-4-8-20/h5-6,9-11,16-17,20,25H,2-4,7-8,12-15H2,1H3,(H,28,29). The molecule has 2 aliphatic rings. The zero-order chi connectivity index (χ0) is 22.7. The van der Waals surface area contributed by atoms with Gasteiger partial charge >= 0.3 is 5.97 Å². The monoisotopic (exact) mass is 457 g/mol. The van der Waals surface area contributed by atoms with Crippen molar-refractivity contribution in [3.8, 4) is 0 Å². The Morgan fingerprint density at radius 1 is 1.00 bits per heavy atom. The Labute approximate surface area is 190 Å². The maximum absolute atomic E-state index is 12.7. The Morgan fingerprint density at radius 2 is 1.72 bits per heavy atom. The highest BCUT2D eigenvalue weighted by molar-refractivity contribution is 7.92. The van der Waals surface area contributed by atoms with Gasteiger partial charge in [0.15, 0.2) is 0 Å². The molecule has 0 amide bonds. The predicted octanol–water partition coefficient (Wildman–Crippen LogP) is 3.95. The summed E-state index contributed by atoms with van der Waals surface area (Å²) in [6, 6.07) is 12.0. The van der Waals surface area contributed by atoms with E-state index in [0.717, 1.165) is 31.7 Å². The summed E-state index contributed by atoms with van der Waals surface area (Å²) in [6.45, 7) is 5.21. The number of carbonyl (C=O) groups is 1. The number of hydrogen-bond acceptors (Lipinski definition) is 5. The van der Waals surface area contributed by atoms with Crippen LogP contribution in [-0.2, 0) is 10.0 Å². The quantitative estimate of drug-likeness (QED) is 0.683. The van der Waals surface area contributed by atoms with Crippen LogP contribution < -0.4 is 9.62 Å². The van der Waals surface area contributed by atoms with Crippen LogP contribution in [0.2, 0.25) is 0 Å². The Balaban J connectivity index is 1.49. The lowest BCUT2D eigenvalue weighted by Crippen LogP contribution is -2.51. The second kappa shape index (κ2) is 9.50. The third-order valence-corrected chi connectivity index (χ3v) is 7.90. The minimum Gasteiger partial charge on any atom is -0.478 e. The highest BCUT2D eigenvalue weighted by atomic mass is 32.2. The third kappa shape index (κ3) is 5.07. The molecule has 0 bridgehead atoms. The van der Waals surface area contributed by atoms with Gasteiger partial charge in [-0.05, 0) is 55.7 Å². The molecule has 1 aliphatic heterocycles. The van der Waals surface area contributed by atoms with Crippen LogP contribution in [0.5, 0.6) is 0 Å². The SMILES string of the molecule is Cc1cccc(S(=O)(=O)Nc2ccc(N3CCN(C4CCCCC4)CC3)c(C(=O)O)c2)c1. The lowest BCUT2D eigenvalue weighted by Gasteiger charge is -2.41. The van der Waals surface area contributed by atoms with Gasteiger partial charge in [-0.3, -0.25) is 9.62 Å². The van der Waals surface area contributed by atoms with E-state index in [1.807, 2.05) is 13.0 Å². The first-order valence-electron chi connectivity index (χ1n) is 11.3. The maximum atomic E-state index is 12.7. The molecule has 32 heavy (non-hydrogen) atoms. The second-order valence-electron chi connectivity index (χ2n) is 8.77. The van der Waals surface area contributed by atoms with Crippen LogP contribution in [0.25, 0.3) is 0 Å². The van der Waals surface area contributed by atoms with E-state index in [2.05, 4.69) is 14.5 Å². The lowest BCUT2D eigenvalue weighted by atomic mass is 9.94. The van der Waals surface area contributed by atoms with Crippen molar-refractivity contribution < 1.29 is 18.3 Å². The topological polar surface area (TPSA) is 90.0 Å². The summed E-state index contributed by atoms with van der Waals surface area (Å²) in [5.74, 6) is -1.06. The van der Waals surface area contributed by atoms with Crippen molar-refractivity contribution in [1.82, 2.24) is 4.90 Å². The van der Waals surface area contributed by atoms with E-state index in [1.54, 1.807) is 24.3 Å². The summed E-state index contributed by atoms with van der Waals surface area (Å²) < 4.78 is 28.0. The Kier molecular flexibility index (Phi) is 6.71. The first kappa shape index (κ1) is 22.6. The van der Waals surface area contributed by atoms with Crippen molar-refractivity contribution in [1.29, 1.82) is 0 Å². The average Bonchev–Trinajstić information content (AvgIpc) is 2.79. The number of aryl methyl sites for hydroxylation is 1. The molecule has 2 aromatic rings. The molecular formula is C24H31N3O4S. The summed E-state index contributed by atoms with van der Waals surface area (Å²) >= 11 is 0. The molecule has 1 saturated carbocycles. The number of anilines is 2. The number of sulfonamides is 1. The molecule has 1 aliphatic carbocycles. The van der Waals surface area contributed by atoms with Gasteiger partial charge in [-0.1, -0.05) is 31.4 Å². The highest BCUT2D eigenvalue weighted by Crippen LogP contribution is 2.29. The molecule has 7 nitrogen and oxygen atoms in total. The second-order valence-corrected chi connectivity index (χ2v) is 10.5. The minimum absolute atomic E-state index is 0.112. The fourth-order valence-corrected chi connectivity index (χ4v) is 5.97. The molecule has 0 unspecified atom stereocenters. The van der Waals surface area contributed by atoms with Gasteiger partial charge in [0.1, 0.15) is 0 Å². The molecule has 2 fully saturated rings. The molecular weight excluding hydrogens is 426 g/mol. The normalized spacial score (nSPS) is 18.5. The number of benzene rings is 2. The Hall–Kier alpha value is -2.58. The molecule has 172 valence electrons. The molecule has 0 radical (unpaired) electrons. The van der Waals surface area contributed by atoms with E-state index in [1.165, 1.54) is 44.2 Å². The maximum Gasteiger partial charge on any atom is 0.337 e. The Morgan fingerprint density at radius 3 is 2.38 bits per heavy atom. The van der Waals surface area contributed by atoms with E-state index in [0.29, 0.717) is 11.7 Å². The number of carboxylic acid groups (broad SMARTS) is 1. The molecule has 0 spiro atoms. The zero-order valence-electron chi connectivity index (χ0n) is 18.5.